The van der Waals surface area contributed by atoms with Crippen molar-refractivity contribution in [1.29, 1.82) is 0 Å². The number of aliphatic carboxylic acids is 1. The Bertz CT molecular complexity index is 3710. The van der Waals surface area contributed by atoms with Crippen molar-refractivity contribution in [2.45, 2.75) is 163 Å². The lowest BCUT2D eigenvalue weighted by Crippen LogP contribution is -2.40. The Morgan fingerprint density at radius 1 is 0.742 bits per heavy atom. The number of aromatic nitrogens is 5. The molecule has 0 spiro atoms. The van der Waals surface area contributed by atoms with Gasteiger partial charge in [0.2, 0.25) is 6.41 Å². The fourth-order valence-corrected chi connectivity index (χ4v) is 11.4. The molecule has 28 heteroatoms. The lowest BCUT2D eigenvalue weighted by atomic mass is 9.93. The highest BCUT2D eigenvalue weighted by atomic mass is 79.9. The maximum absolute atomic E-state index is 14.2. The first-order chi connectivity index (χ1) is 45.2. The molecule has 0 bridgehead atoms. The number of alkyl halides is 6. The number of Topliss-reactive ketones (excluding diaryl/α,β-unsaturated/α-hetero) is 1. The molecule has 0 saturated carbocycles. The third-order valence-electron chi connectivity index (χ3n) is 14.3. The number of thiazole rings is 2. The summed E-state index contributed by atoms with van der Waals surface area (Å²) in [5.41, 5.74) is 11.4. The number of nitrogens with two attached hydrogens (primary N) is 1. The zero-order chi connectivity index (χ0) is 71.7. The Kier molecular flexibility index (Phi) is 33.5. The second-order valence-corrected chi connectivity index (χ2v) is 25.1. The number of para-hydroxylation sites is 2. The number of piperidine rings is 1. The van der Waals surface area contributed by atoms with E-state index in [-0.39, 0.29) is 53.3 Å². The van der Waals surface area contributed by atoms with E-state index in [2.05, 4.69) is 62.1 Å². The van der Waals surface area contributed by atoms with Crippen LogP contribution in [0.1, 0.15) is 149 Å². The molecule has 2 fully saturated rings. The summed E-state index contributed by atoms with van der Waals surface area (Å²) in [6, 6.07) is 18.1. The van der Waals surface area contributed by atoms with Crippen LogP contribution >= 0.6 is 39.7 Å². The van der Waals surface area contributed by atoms with Gasteiger partial charge >= 0.3 is 24.3 Å². The minimum atomic E-state index is -4.55. The molecule has 5 aromatic heterocycles. The van der Waals surface area contributed by atoms with Crippen molar-refractivity contribution < 1.29 is 69.6 Å². The minimum absolute atomic E-state index is 0. The zero-order valence-corrected chi connectivity index (χ0v) is 60.1. The van der Waals surface area contributed by atoms with Crippen LogP contribution in [-0.2, 0) is 84.3 Å². The monoisotopic (exact) mass is 1460 g/mol. The quantitative estimate of drug-likeness (QED) is 0.0257. The number of nitrogens with one attached hydrogen (secondary N) is 1. The van der Waals surface area contributed by atoms with E-state index in [4.69, 9.17) is 41.2 Å². The number of aryl methyl sites for hydroxylation is 4. The van der Waals surface area contributed by atoms with Gasteiger partial charge in [-0.2, -0.15) is 26.3 Å². The van der Waals surface area contributed by atoms with Crippen LogP contribution < -0.4 is 16.6 Å². The highest BCUT2D eigenvalue weighted by Gasteiger charge is 2.38. The topological polar surface area (TPSA) is 245 Å². The van der Waals surface area contributed by atoms with Gasteiger partial charge in [-0.05, 0) is 146 Å². The zero-order valence-electron chi connectivity index (χ0n) is 56.8. The van der Waals surface area contributed by atoms with Crippen molar-refractivity contribution in [2.24, 2.45) is 0 Å². The molecule has 4 N–H and O–H groups in total. The van der Waals surface area contributed by atoms with Crippen molar-refractivity contribution in [1.82, 2.24) is 34.7 Å². The smallest absolute Gasteiger partial charge is 0.433 e. The van der Waals surface area contributed by atoms with Gasteiger partial charge in [-0.25, -0.2) is 21.3 Å². The van der Waals surface area contributed by atoms with Gasteiger partial charge in [-0.15, -0.1) is 39.7 Å². The Hall–Kier alpha value is -7.78. The number of ketones is 1. The molecule has 0 radical (unpaired) electrons. The second-order valence-electron chi connectivity index (χ2n) is 23.3. The van der Waals surface area contributed by atoms with E-state index in [1.807, 2.05) is 64.9 Å². The predicted molar refractivity (Wildman–Crippen MR) is 370 cm³/mol. The molecule has 3 aliphatic rings. The van der Waals surface area contributed by atoms with Gasteiger partial charge in [0.15, 0.2) is 5.01 Å². The number of benzene rings is 2. The molecule has 2 saturated heterocycles. The molecule has 0 atom stereocenters. The summed E-state index contributed by atoms with van der Waals surface area (Å²) in [5.74, 6) is -1.78. The van der Waals surface area contributed by atoms with Gasteiger partial charge < -0.3 is 39.9 Å². The number of hydrogen-bond acceptors (Lipinski definition) is 18. The minimum Gasteiger partial charge on any atom is -0.481 e. The SMILES string of the molecule is Br.C1CCNCC1.CC(=O)O.CC1(C)CC(=O)CC(=O)O1.CCc1cccc(CC)c1-n1c2c(cc(-c3nc(-c4ccc(C(F)(F)F)nc4)cs3)c1=O)C(=O)OC(C)(C)C2.CCc1cccc(CC)c1N.COC(OC)N(C)C.[C-]#[N+]Cc1nc(-c2ccc(C(F)(F)F)nc2)cs1. The number of carbonyl (C=O) groups excluding carboxylic acids is 3. The van der Waals surface area contributed by atoms with E-state index in [1.165, 1.54) is 84.4 Å². The van der Waals surface area contributed by atoms with Gasteiger partial charge in [0.05, 0.1) is 28.2 Å². The summed E-state index contributed by atoms with van der Waals surface area (Å²) in [7, 11) is 6.98. The third kappa shape index (κ3) is 25.9. The van der Waals surface area contributed by atoms with Gasteiger partial charge in [0.1, 0.15) is 39.8 Å². The molecular formula is C69H86BrF6N9O10S2. The van der Waals surface area contributed by atoms with Crippen LogP contribution in [0.2, 0.25) is 0 Å². The van der Waals surface area contributed by atoms with E-state index < -0.39 is 52.9 Å². The summed E-state index contributed by atoms with van der Waals surface area (Å²) >= 11 is 2.47. The van der Waals surface area contributed by atoms with Crippen LogP contribution in [0.5, 0.6) is 0 Å². The fourth-order valence-electron chi connectivity index (χ4n) is 9.86. The number of nitrogens with zero attached hydrogens (tertiary/aromatic N) is 7. The van der Waals surface area contributed by atoms with E-state index in [0.717, 1.165) is 66.8 Å². The van der Waals surface area contributed by atoms with Crippen LogP contribution in [0.15, 0.2) is 94.7 Å². The van der Waals surface area contributed by atoms with Crippen molar-refractivity contribution in [2.75, 3.05) is 47.1 Å². The number of halogens is 7. The van der Waals surface area contributed by atoms with Crippen LogP contribution in [0.3, 0.4) is 0 Å². The first-order valence-corrected chi connectivity index (χ1v) is 32.6. The molecule has 19 nitrogen and oxygen atoms in total. The lowest BCUT2D eigenvalue weighted by molar-refractivity contribution is -0.179. The summed E-state index contributed by atoms with van der Waals surface area (Å²) in [5, 5.41) is 15.0. The number of cyclic esters (lactones) is 2. The normalized spacial score (nSPS) is 14.3. The number of hydrogen-bond donors (Lipinski definition) is 3. The number of nitrogen functional groups attached to an aromatic ring is 1. The molecule has 97 heavy (non-hydrogen) atoms. The first-order valence-electron chi connectivity index (χ1n) is 30.8. The number of carbonyl (C=O) groups is 4. The van der Waals surface area contributed by atoms with Gasteiger partial charge in [-0.3, -0.25) is 38.6 Å². The molecule has 2 aromatic carbocycles. The van der Waals surface area contributed by atoms with E-state index >= 15 is 0 Å². The number of carboxylic acids is 1. The number of fused-ring (bicyclic) bond motifs is 1. The summed E-state index contributed by atoms with van der Waals surface area (Å²) in [6.45, 7) is 25.9. The molecule has 0 unspecified atom stereocenters. The Balaban J connectivity index is 0.000000347. The second kappa shape index (κ2) is 39.0. The maximum atomic E-state index is 14.2. The first kappa shape index (κ1) is 83.4. The number of pyridine rings is 3. The average Bonchev–Trinajstić information content (AvgIpc) is 1.48. The van der Waals surface area contributed by atoms with E-state index in [1.54, 1.807) is 43.4 Å². The van der Waals surface area contributed by atoms with Crippen molar-refractivity contribution in [3.63, 3.8) is 0 Å². The highest BCUT2D eigenvalue weighted by Crippen LogP contribution is 2.36. The van der Waals surface area contributed by atoms with Crippen LogP contribution in [0, 0.1) is 6.57 Å². The number of methoxy groups -OCH3 is 2. The predicted octanol–water partition coefficient (Wildman–Crippen LogP) is 14.9. The Labute approximate surface area is 580 Å². The molecule has 3 aliphatic heterocycles. The van der Waals surface area contributed by atoms with Crippen LogP contribution in [0.25, 0.3) is 43.6 Å². The average molecular weight is 1460 g/mol. The van der Waals surface area contributed by atoms with Crippen LogP contribution in [-0.4, -0.2) is 117 Å². The maximum Gasteiger partial charge on any atom is 0.433 e. The lowest BCUT2D eigenvalue weighted by Gasteiger charge is -2.33. The molecule has 528 valence electrons. The van der Waals surface area contributed by atoms with E-state index in [9.17, 15) is 45.5 Å². The molecule has 10 rings (SSSR count). The molecule has 8 heterocycles. The number of rotatable bonds is 12. The molecule has 0 aliphatic carbocycles. The van der Waals surface area contributed by atoms with Crippen LogP contribution in [0.4, 0.5) is 32.0 Å². The Morgan fingerprint density at radius 3 is 1.60 bits per heavy atom. The van der Waals surface area contributed by atoms with Crippen molar-refractivity contribution in [3.8, 4) is 38.8 Å². The number of ether oxygens (including phenoxy) is 4. The standard InChI is InChI=1S/C29H26F3N3O3S.C11H6F3N3S.C10H15N.C7H10O3.C5H13NO2.C5H11N.C2H4O2.BrH/c1-5-16-8-7-9-17(6-2)24(16)35-22-13-28(3,4)38-27(37)19(22)12-20(26(35)36)25-34-21(15-39-25)18-10-11-23(33-14-18)29(30,31)32;1-15-5-10-17-8(6-18-10)7-2-3-9(16-4-7)11(12,13)14;1-3-8-6-5-7-9(4-2)10(8)11;1-7(2)4-5(8)3-6(9)10-7;1-6(2)5(7-3)8-4;1-2-4-6-5-3-1;1-2(3)4;/h7-12,14-15H,5-6,13H2,1-4H3;2-4,6H,5H2;5-7H,3-4,11H2,1-2H3;3-4H2,1-2H3;5H,1-4H3;6H,1-5H2;1H3,(H,3,4);1H. The van der Waals surface area contributed by atoms with Gasteiger partial charge in [0.25, 0.3) is 18.1 Å². The third-order valence-corrected chi connectivity index (χ3v) is 16.0. The van der Waals surface area contributed by atoms with Crippen molar-refractivity contribution >= 4 is 69.0 Å². The number of esters is 2. The molecular weight excluding hydrogens is 1370 g/mol. The van der Waals surface area contributed by atoms with Gasteiger partial charge in [-0.1, -0.05) is 70.5 Å². The largest absolute Gasteiger partial charge is 0.481 e. The molecule has 0 amide bonds. The summed E-state index contributed by atoms with van der Waals surface area (Å²) in [6.07, 6.45) is 1.34. The van der Waals surface area contributed by atoms with Gasteiger partial charge in [0, 0.05) is 79.6 Å². The number of carboxylic acid groups (broad SMARTS) is 1. The summed E-state index contributed by atoms with van der Waals surface area (Å²) in [4.78, 5) is 78.4. The van der Waals surface area contributed by atoms with Crippen molar-refractivity contribution in [3.05, 3.63) is 162 Å². The number of anilines is 1. The molecule has 7 aromatic rings. The Morgan fingerprint density at radius 2 is 1.22 bits per heavy atom. The van der Waals surface area contributed by atoms with E-state index in [0.29, 0.717) is 69.5 Å². The summed E-state index contributed by atoms with van der Waals surface area (Å²) < 4.78 is 97.7. The highest BCUT2D eigenvalue weighted by molar-refractivity contribution is 8.93. The fraction of sp³-hybridized carbons (Fsp3) is 0.449.